The minimum Gasteiger partial charge on any atom is -0.392 e. The Kier molecular flexibility index (Phi) is 17.5. The van der Waals surface area contributed by atoms with Gasteiger partial charge in [-0.05, 0) is 65.4 Å². The number of aliphatic hydroxyl groups is 1. The molecule has 2 aliphatic rings. The molecule has 0 aromatic heterocycles. The van der Waals surface area contributed by atoms with E-state index in [0.717, 1.165) is 6.42 Å². The number of rotatable bonds is 20. The van der Waals surface area contributed by atoms with Gasteiger partial charge in [-0.2, -0.15) is 25.3 Å². The average molecular weight is 1060 g/mol. The number of nitrogens with zero attached hydrogens (tertiary/aromatic N) is 1. The zero-order valence-electron chi connectivity index (χ0n) is 38.5. The van der Waals surface area contributed by atoms with Crippen LogP contribution in [-0.4, -0.2) is 121 Å². The summed E-state index contributed by atoms with van der Waals surface area (Å²) in [5.74, 6) is -1.30. The van der Waals surface area contributed by atoms with Gasteiger partial charge >= 0.3 is 37.2 Å². The first-order valence-corrected chi connectivity index (χ1v) is 27.8. The topological polar surface area (TPSA) is 308 Å². The molecule has 6 N–H and O–H groups in total. The number of ether oxygens (including phenoxy) is 2. The van der Waals surface area contributed by atoms with E-state index in [2.05, 4.69) is 10.6 Å². The Balaban J connectivity index is 1.46. The number of carbonyl (C=O) groups excluding carboxylic acids is 1. The van der Waals surface area contributed by atoms with Crippen molar-refractivity contribution >= 4 is 58.4 Å². The summed E-state index contributed by atoms with van der Waals surface area (Å²) in [6.07, 6.45) is -10.6. The SMILES string of the molecule is CCCCC1(CC)CS(=O)(=O)c2ccc(N(C)C)cc2[C@@H](c2cccc(NC(=O)NC3C(OS(=O)(=O)O)C(OCc4ccccc4)C(OS(=O)(=O)O)C(OCc4ccccc4)C3OS(=O)(=O)O)c2)C1O. The van der Waals surface area contributed by atoms with E-state index in [9.17, 15) is 57.2 Å². The molecule has 6 unspecified atom stereocenters. The zero-order chi connectivity index (χ0) is 51.2. The minimum atomic E-state index is -5.66. The lowest BCUT2D eigenvalue weighted by molar-refractivity contribution is -0.206. The Labute approximate surface area is 408 Å². The molecule has 25 heteroatoms. The number of urea groups is 1. The molecule has 0 saturated heterocycles. The zero-order valence-corrected chi connectivity index (χ0v) is 41.7. The Hall–Kier alpha value is -4.61. The number of carbonyl (C=O) groups is 1. The first-order chi connectivity index (χ1) is 32.8. The number of anilines is 2. The summed E-state index contributed by atoms with van der Waals surface area (Å²) < 4.78 is 161. The second kappa shape index (κ2) is 22.4. The Morgan fingerprint density at radius 2 is 1.24 bits per heavy atom. The van der Waals surface area contributed by atoms with Crippen LogP contribution in [0.15, 0.2) is 108 Å². The molecular weight excluding hydrogens is 999 g/mol. The van der Waals surface area contributed by atoms with Gasteiger partial charge in [0.25, 0.3) is 0 Å². The molecule has 70 heavy (non-hydrogen) atoms. The number of benzene rings is 4. The van der Waals surface area contributed by atoms with Crippen LogP contribution in [0.3, 0.4) is 0 Å². The maximum Gasteiger partial charge on any atom is 0.397 e. The van der Waals surface area contributed by atoms with E-state index in [0.29, 0.717) is 47.2 Å². The summed E-state index contributed by atoms with van der Waals surface area (Å²) in [6.45, 7) is 2.83. The highest BCUT2D eigenvalue weighted by Gasteiger charge is 2.59. The van der Waals surface area contributed by atoms with E-state index in [-0.39, 0.29) is 16.3 Å². The summed E-state index contributed by atoms with van der Waals surface area (Å²) in [7, 11) is -17.3. The third-order valence-corrected chi connectivity index (χ3v) is 15.8. The van der Waals surface area contributed by atoms with Crippen molar-refractivity contribution in [3.05, 3.63) is 125 Å². The van der Waals surface area contributed by atoms with Crippen LogP contribution in [0.5, 0.6) is 0 Å². The normalized spacial score (nSPS) is 25.8. The number of unbranched alkanes of at least 4 members (excludes halogenated alkanes) is 1. The molecule has 0 spiro atoms. The van der Waals surface area contributed by atoms with E-state index in [1.165, 1.54) is 24.3 Å². The molecule has 1 fully saturated rings. The molecule has 7 atom stereocenters. The summed E-state index contributed by atoms with van der Waals surface area (Å²) in [4.78, 5) is 16.1. The maximum atomic E-state index is 14.3. The van der Waals surface area contributed by atoms with Crippen molar-refractivity contribution in [1.29, 1.82) is 0 Å². The molecular formula is C45H57N3O18S4. The highest BCUT2D eigenvalue weighted by Crippen LogP contribution is 2.49. The predicted octanol–water partition coefficient (Wildman–Crippen LogP) is 4.86. The van der Waals surface area contributed by atoms with Crippen molar-refractivity contribution in [2.45, 2.75) is 106 Å². The quantitative estimate of drug-likeness (QED) is 0.0644. The number of sulfone groups is 1. The predicted molar refractivity (Wildman–Crippen MR) is 255 cm³/mol. The highest BCUT2D eigenvalue weighted by molar-refractivity contribution is 7.91. The summed E-state index contributed by atoms with van der Waals surface area (Å²) in [6, 6.07) is 23.5. The maximum absolute atomic E-state index is 14.3. The van der Waals surface area contributed by atoms with Crippen molar-refractivity contribution in [1.82, 2.24) is 5.32 Å². The second-order valence-corrected chi connectivity index (χ2v) is 22.5. The Morgan fingerprint density at radius 3 is 1.73 bits per heavy atom. The molecule has 21 nitrogen and oxygen atoms in total. The molecule has 384 valence electrons. The van der Waals surface area contributed by atoms with Gasteiger partial charge in [0.05, 0.1) is 36.0 Å². The number of nitrogens with one attached hydrogen (secondary N) is 2. The van der Waals surface area contributed by atoms with Gasteiger partial charge in [0.2, 0.25) is 0 Å². The second-order valence-electron chi connectivity index (χ2n) is 17.4. The van der Waals surface area contributed by atoms with Gasteiger partial charge in [0.1, 0.15) is 30.5 Å². The lowest BCUT2D eigenvalue weighted by Crippen LogP contribution is -2.71. The lowest BCUT2D eigenvalue weighted by atomic mass is 9.69. The van der Waals surface area contributed by atoms with Crippen molar-refractivity contribution in [2.24, 2.45) is 5.41 Å². The number of aliphatic hydroxyl groups excluding tert-OH is 1. The van der Waals surface area contributed by atoms with Crippen LogP contribution in [0.2, 0.25) is 0 Å². The van der Waals surface area contributed by atoms with Gasteiger partial charge < -0.3 is 30.1 Å². The fraction of sp³-hybridized carbons (Fsp3) is 0.444. The summed E-state index contributed by atoms with van der Waals surface area (Å²) >= 11 is 0. The highest BCUT2D eigenvalue weighted by atomic mass is 32.3. The third-order valence-electron chi connectivity index (χ3n) is 12.4. The Bertz CT molecular complexity index is 2810. The number of hydrogen-bond acceptors (Lipinski definition) is 16. The van der Waals surface area contributed by atoms with Crippen molar-refractivity contribution in [3.8, 4) is 0 Å². The van der Waals surface area contributed by atoms with Crippen molar-refractivity contribution < 1.29 is 79.3 Å². The van der Waals surface area contributed by atoms with E-state index in [1.54, 1.807) is 97.9 Å². The molecule has 2 amide bonds. The molecule has 1 aliphatic carbocycles. The molecule has 6 rings (SSSR count). The number of hydrogen-bond donors (Lipinski definition) is 6. The standard InChI is InChI=1S/C45H57N3O18S4/c1-5-7-23-45(6-2)28-67(51,52)35-22-21-33(48(3)4)25-34(35)36(43(45)49)31-19-14-20-32(24-31)46-44(50)47-37-38(64-68(53,54)55)40(62-26-29-15-10-8-11-16-29)42(66-70(59,60)61)41(39(37)65-69(56,57)58)63-27-30-17-12-9-13-18-30/h8-22,24-25,36-43,49H,5-7,23,26-28H2,1-4H3,(H2,46,47,50)(H,53,54,55)(H,56,57,58)(H,59,60,61)/t36-,37?,38?,39?,40?,41?,42?,43?,45?/m1/s1. The van der Waals surface area contributed by atoms with E-state index < -0.39 is 114 Å². The molecule has 0 radical (unpaired) electrons. The summed E-state index contributed by atoms with van der Waals surface area (Å²) in [5, 5.41) is 17.4. The fourth-order valence-corrected chi connectivity index (χ4v) is 12.9. The van der Waals surface area contributed by atoms with Gasteiger partial charge in [-0.1, -0.05) is 99.5 Å². The van der Waals surface area contributed by atoms with Crippen LogP contribution in [0, 0.1) is 5.41 Å². The van der Waals surface area contributed by atoms with Crippen LogP contribution in [-0.2, 0) is 76.3 Å². The van der Waals surface area contributed by atoms with Gasteiger partial charge in [-0.25, -0.2) is 25.8 Å². The molecule has 1 heterocycles. The van der Waals surface area contributed by atoms with Crippen molar-refractivity contribution in [3.63, 3.8) is 0 Å². The minimum absolute atomic E-state index is 0.00641. The molecule has 1 saturated carbocycles. The van der Waals surface area contributed by atoms with Gasteiger partial charge in [0, 0.05) is 36.8 Å². The molecule has 4 aromatic rings. The largest absolute Gasteiger partial charge is 0.397 e. The molecule has 0 bridgehead atoms. The van der Waals surface area contributed by atoms with Crippen molar-refractivity contribution in [2.75, 3.05) is 30.1 Å². The first-order valence-electron chi connectivity index (χ1n) is 22.0. The lowest BCUT2D eigenvalue weighted by Gasteiger charge is -2.48. The van der Waals surface area contributed by atoms with E-state index in [4.69, 9.17) is 22.0 Å². The van der Waals surface area contributed by atoms with Crippen LogP contribution in [0.4, 0.5) is 16.2 Å². The average Bonchev–Trinajstić information content (AvgIpc) is 3.35. The monoisotopic (exact) mass is 1060 g/mol. The number of fused-ring (bicyclic) bond motifs is 1. The summed E-state index contributed by atoms with van der Waals surface area (Å²) in [5.41, 5.74) is 1.05. The van der Waals surface area contributed by atoms with Crippen LogP contribution in [0.25, 0.3) is 0 Å². The van der Waals surface area contributed by atoms with Gasteiger partial charge in [-0.15, -0.1) is 0 Å². The molecule has 1 aliphatic heterocycles. The fourth-order valence-electron chi connectivity index (χ4n) is 9.13. The van der Waals surface area contributed by atoms with Gasteiger partial charge in [0.15, 0.2) is 9.84 Å². The first kappa shape index (κ1) is 54.7. The van der Waals surface area contributed by atoms with Crippen LogP contribution < -0.4 is 15.5 Å². The van der Waals surface area contributed by atoms with Crippen LogP contribution >= 0.6 is 0 Å². The van der Waals surface area contributed by atoms with Gasteiger partial charge in [-0.3, -0.25) is 13.7 Å². The molecule has 4 aromatic carbocycles. The van der Waals surface area contributed by atoms with Crippen LogP contribution in [0.1, 0.15) is 67.7 Å². The Morgan fingerprint density at radius 1 is 0.714 bits per heavy atom. The number of amides is 2. The van der Waals surface area contributed by atoms with E-state index in [1.807, 2.05) is 13.8 Å². The van der Waals surface area contributed by atoms with E-state index >= 15 is 0 Å². The smallest absolute Gasteiger partial charge is 0.392 e. The third kappa shape index (κ3) is 13.9.